The lowest BCUT2D eigenvalue weighted by Crippen LogP contribution is -2.10. The van der Waals surface area contributed by atoms with Crippen LogP contribution in [0.2, 0.25) is 0 Å². The quantitative estimate of drug-likeness (QED) is 0.671. The molecule has 0 bridgehead atoms. The number of rotatable bonds is 2. The highest BCUT2D eigenvalue weighted by Gasteiger charge is 2.09. The number of benzene rings is 1. The van der Waals surface area contributed by atoms with Gasteiger partial charge in [0.1, 0.15) is 29.7 Å². The molecule has 2 N–H and O–H groups in total. The molecule has 0 unspecified atom stereocenters. The van der Waals surface area contributed by atoms with Crippen LogP contribution >= 0.6 is 0 Å². The molecule has 2 aromatic rings. The van der Waals surface area contributed by atoms with Crippen molar-refractivity contribution in [3.05, 3.63) is 56.7 Å². The lowest BCUT2D eigenvalue weighted by molar-refractivity contribution is 0.601. The molecule has 0 saturated carbocycles. The van der Waals surface area contributed by atoms with Crippen molar-refractivity contribution in [1.29, 1.82) is 10.5 Å². The van der Waals surface area contributed by atoms with Gasteiger partial charge in [0.05, 0.1) is 10.9 Å². The van der Waals surface area contributed by atoms with Gasteiger partial charge in [-0.15, -0.1) is 0 Å². The van der Waals surface area contributed by atoms with E-state index in [1.807, 2.05) is 19.9 Å². The maximum Gasteiger partial charge on any atom is 0.201 e. The molecule has 0 atom stereocenters. The number of fused-ring (bicyclic) bond motifs is 1. The van der Waals surface area contributed by atoms with Crippen molar-refractivity contribution in [3.8, 4) is 12.1 Å². The van der Waals surface area contributed by atoms with Crippen LogP contribution in [-0.2, 0) is 0 Å². The first kappa shape index (κ1) is 15.0. The Kier molecular flexibility index (Phi) is 4.06. The van der Waals surface area contributed by atoms with Crippen LogP contribution in [0.1, 0.15) is 16.7 Å². The second-order valence-corrected chi connectivity index (χ2v) is 4.72. The Hall–Kier alpha value is -3.38. The molecule has 1 aromatic carbocycles. The third-order valence-corrected chi connectivity index (χ3v) is 3.06. The van der Waals surface area contributed by atoms with Crippen molar-refractivity contribution < 1.29 is 4.42 Å². The normalized spacial score (nSPS) is 12.0. The van der Waals surface area contributed by atoms with Crippen LogP contribution in [0.3, 0.4) is 0 Å². The van der Waals surface area contributed by atoms with E-state index in [1.54, 1.807) is 18.2 Å². The summed E-state index contributed by atoms with van der Waals surface area (Å²) in [7, 11) is 0. The highest BCUT2D eigenvalue weighted by molar-refractivity contribution is 5.88. The van der Waals surface area contributed by atoms with Crippen LogP contribution < -0.4 is 11.2 Å². The molecule has 0 aliphatic rings. The summed E-state index contributed by atoms with van der Waals surface area (Å²) in [4.78, 5) is 16.2. The number of aryl methyl sites for hydroxylation is 2. The number of aliphatic imine (C=N–C) groups is 1. The first-order chi connectivity index (χ1) is 10.5. The minimum atomic E-state index is -0.310. The largest absolute Gasteiger partial charge is 0.463 e. The van der Waals surface area contributed by atoms with E-state index in [-0.39, 0.29) is 22.4 Å². The van der Waals surface area contributed by atoms with Gasteiger partial charge in [0.15, 0.2) is 5.70 Å². The molecule has 0 radical (unpaired) electrons. The topological polar surface area (TPSA) is 116 Å². The van der Waals surface area contributed by atoms with Crippen molar-refractivity contribution in [2.45, 2.75) is 13.8 Å². The van der Waals surface area contributed by atoms with Gasteiger partial charge in [-0.1, -0.05) is 6.07 Å². The molecule has 0 amide bonds. The Morgan fingerprint density at radius 2 is 2.05 bits per heavy atom. The first-order valence-electron chi connectivity index (χ1n) is 6.34. The predicted octanol–water partition coefficient (Wildman–Crippen LogP) is 2.05. The predicted molar refractivity (Wildman–Crippen MR) is 82.0 cm³/mol. The molecule has 0 saturated heterocycles. The standard InChI is InChI=1S/C16H12N4O2/c1-9-3-10(2)15-14(4-9)22-8-11(16(15)21)7-20-13(6-18)12(19)5-17/h3-4,7-8H,19H2,1-2H3. The Labute approximate surface area is 126 Å². The summed E-state index contributed by atoms with van der Waals surface area (Å²) in [5.74, 6) is 0. The van der Waals surface area contributed by atoms with Crippen LogP contribution in [0.5, 0.6) is 0 Å². The molecular formula is C16H12N4O2. The van der Waals surface area contributed by atoms with Gasteiger partial charge in [-0.2, -0.15) is 10.5 Å². The van der Waals surface area contributed by atoms with Gasteiger partial charge in [0.2, 0.25) is 5.43 Å². The second kappa shape index (κ2) is 5.94. The van der Waals surface area contributed by atoms with Gasteiger partial charge in [-0.25, -0.2) is 4.99 Å². The Morgan fingerprint density at radius 3 is 2.68 bits per heavy atom. The molecule has 2 rings (SSSR count). The van der Waals surface area contributed by atoms with E-state index in [0.29, 0.717) is 11.0 Å². The second-order valence-electron chi connectivity index (χ2n) is 4.72. The van der Waals surface area contributed by atoms with Crippen LogP contribution in [0.25, 0.3) is 11.0 Å². The van der Waals surface area contributed by atoms with Gasteiger partial charge < -0.3 is 10.2 Å². The summed E-state index contributed by atoms with van der Waals surface area (Å²) in [5, 5.41) is 18.0. The van der Waals surface area contributed by atoms with Crippen LogP contribution in [-0.4, -0.2) is 6.21 Å². The summed E-state index contributed by atoms with van der Waals surface area (Å²) in [6, 6.07) is 6.99. The van der Waals surface area contributed by atoms with Crippen molar-refractivity contribution in [3.63, 3.8) is 0 Å². The van der Waals surface area contributed by atoms with E-state index in [0.717, 1.165) is 11.1 Å². The number of nitrogens with two attached hydrogens (primary N) is 1. The van der Waals surface area contributed by atoms with E-state index >= 15 is 0 Å². The molecule has 6 heteroatoms. The summed E-state index contributed by atoms with van der Waals surface area (Å²) >= 11 is 0. The van der Waals surface area contributed by atoms with E-state index in [2.05, 4.69) is 4.99 Å². The Balaban J connectivity index is 2.61. The molecule has 1 aromatic heterocycles. The summed E-state index contributed by atoms with van der Waals surface area (Å²) in [5.41, 5.74) is 6.99. The highest BCUT2D eigenvalue weighted by Crippen LogP contribution is 2.17. The minimum Gasteiger partial charge on any atom is -0.463 e. The fourth-order valence-corrected chi connectivity index (χ4v) is 2.07. The lowest BCUT2D eigenvalue weighted by Gasteiger charge is -2.03. The zero-order valence-electron chi connectivity index (χ0n) is 12.0. The van der Waals surface area contributed by atoms with Crippen LogP contribution in [0, 0.1) is 36.5 Å². The lowest BCUT2D eigenvalue weighted by atomic mass is 10.1. The third kappa shape index (κ3) is 2.72. The molecule has 108 valence electrons. The van der Waals surface area contributed by atoms with E-state index in [1.165, 1.54) is 12.5 Å². The highest BCUT2D eigenvalue weighted by atomic mass is 16.3. The smallest absolute Gasteiger partial charge is 0.201 e. The molecular weight excluding hydrogens is 280 g/mol. The average molecular weight is 292 g/mol. The summed E-state index contributed by atoms with van der Waals surface area (Å²) in [6.07, 6.45) is 2.44. The van der Waals surface area contributed by atoms with E-state index in [9.17, 15) is 4.79 Å². The van der Waals surface area contributed by atoms with Crippen LogP contribution in [0.4, 0.5) is 0 Å². The van der Waals surface area contributed by atoms with E-state index in [4.69, 9.17) is 20.7 Å². The van der Waals surface area contributed by atoms with Gasteiger partial charge in [-0.3, -0.25) is 4.79 Å². The fourth-order valence-electron chi connectivity index (χ4n) is 2.07. The van der Waals surface area contributed by atoms with Gasteiger partial charge >= 0.3 is 0 Å². The Bertz CT molecular complexity index is 953. The molecule has 1 heterocycles. The fraction of sp³-hybridized carbons (Fsp3) is 0.125. The molecule has 0 spiro atoms. The number of nitrogens with zero attached hydrogens (tertiary/aromatic N) is 3. The maximum absolute atomic E-state index is 12.5. The summed E-state index contributed by atoms with van der Waals surface area (Å²) in [6.45, 7) is 3.73. The average Bonchev–Trinajstić information content (AvgIpc) is 2.48. The zero-order valence-corrected chi connectivity index (χ0v) is 12.0. The van der Waals surface area contributed by atoms with Crippen molar-refractivity contribution >= 4 is 17.2 Å². The van der Waals surface area contributed by atoms with Crippen LogP contribution in [0.15, 0.2) is 44.0 Å². The molecule has 0 aliphatic carbocycles. The third-order valence-electron chi connectivity index (χ3n) is 3.06. The van der Waals surface area contributed by atoms with E-state index < -0.39 is 0 Å². The first-order valence-corrected chi connectivity index (χ1v) is 6.34. The van der Waals surface area contributed by atoms with Crippen molar-refractivity contribution in [1.82, 2.24) is 0 Å². The molecule has 6 nitrogen and oxygen atoms in total. The number of nitriles is 2. The Morgan fingerprint density at radius 1 is 1.32 bits per heavy atom. The van der Waals surface area contributed by atoms with Crippen molar-refractivity contribution in [2.24, 2.45) is 10.7 Å². The monoisotopic (exact) mass is 292 g/mol. The summed E-state index contributed by atoms with van der Waals surface area (Å²) < 4.78 is 5.45. The molecule has 22 heavy (non-hydrogen) atoms. The number of allylic oxidation sites excluding steroid dienone is 2. The maximum atomic E-state index is 12.5. The molecule has 0 fully saturated rings. The van der Waals surface area contributed by atoms with Gasteiger partial charge in [0.25, 0.3) is 0 Å². The van der Waals surface area contributed by atoms with Crippen molar-refractivity contribution in [2.75, 3.05) is 0 Å². The SMILES string of the molecule is Cc1cc(C)c2c(=O)c(C=NC(C#N)=C(N)C#N)coc2c1. The zero-order chi connectivity index (χ0) is 16.3. The molecule has 0 aliphatic heterocycles. The number of hydrogen-bond acceptors (Lipinski definition) is 6. The van der Waals surface area contributed by atoms with Gasteiger partial charge in [-0.05, 0) is 31.0 Å². The minimum absolute atomic E-state index is 0.179. The number of hydrogen-bond donors (Lipinski definition) is 1. The van der Waals surface area contributed by atoms with Gasteiger partial charge in [0, 0.05) is 6.21 Å².